The molecule has 3 nitrogen and oxygen atoms in total. The SMILES string of the molecule is CCCNCC(OCCC(F)(F)F)c1ccccc1OC. The normalized spacial score (nSPS) is 13.2. The fraction of sp³-hybridized carbons (Fsp3) is 0.600. The van der Waals surface area contributed by atoms with E-state index in [1.807, 2.05) is 25.1 Å². The standard InChI is InChI=1S/C15H22F3NO2/c1-3-9-19-11-14(21-10-8-15(16,17)18)12-6-4-5-7-13(12)20-2/h4-7,14,19H,3,8-11H2,1-2H3. The molecule has 1 unspecified atom stereocenters. The molecule has 6 heteroatoms. The number of ether oxygens (including phenoxy) is 2. The number of rotatable bonds is 9. The van der Waals surface area contributed by atoms with Gasteiger partial charge >= 0.3 is 6.18 Å². The number of alkyl halides is 3. The molecule has 0 amide bonds. The van der Waals surface area contributed by atoms with Gasteiger partial charge in [0, 0.05) is 12.1 Å². The monoisotopic (exact) mass is 305 g/mol. The lowest BCUT2D eigenvalue weighted by molar-refractivity contribution is -0.149. The molecule has 0 saturated carbocycles. The predicted molar refractivity (Wildman–Crippen MR) is 75.5 cm³/mol. The molecule has 0 fully saturated rings. The molecule has 1 aromatic rings. The van der Waals surface area contributed by atoms with E-state index in [9.17, 15) is 13.2 Å². The Labute approximate surface area is 123 Å². The topological polar surface area (TPSA) is 30.5 Å². The summed E-state index contributed by atoms with van der Waals surface area (Å²) < 4.78 is 47.4. The minimum Gasteiger partial charge on any atom is -0.496 e. The van der Waals surface area contributed by atoms with Crippen molar-refractivity contribution in [1.82, 2.24) is 5.32 Å². The van der Waals surface area contributed by atoms with Crippen LogP contribution in [0.2, 0.25) is 0 Å². The Balaban J connectivity index is 2.71. The Morgan fingerprint density at radius 2 is 1.95 bits per heavy atom. The molecule has 1 atom stereocenters. The molecule has 0 aromatic heterocycles. The van der Waals surface area contributed by atoms with Crippen LogP contribution in [0.4, 0.5) is 13.2 Å². The van der Waals surface area contributed by atoms with Crippen molar-refractivity contribution in [2.24, 2.45) is 0 Å². The Morgan fingerprint density at radius 3 is 2.57 bits per heavy atom. The van der Waals surface area contributed by atoms with Gasteiger partial charge in [0.25, 0.3) is 0 Å². The van der Waals surface area contributed by atoms with Crippen LogP contribution in [-0.2, 0) is 4.74 Å². The molecular weight excluding hydrogens is 283 g/mol. The summed E-state index contributed by atoms with van der Waals surface area (Å²) in [7, 11) is 1.53. The van der Waals surface area contributed by atoms with Crippen LogP contribution < -0.4 is 10.1 Å². The Hall–Kier alpha value is -1.27. The molecule has 0 bridgehead atoms. The second-order valence-corrected chi connectivity index (χ2v) is 4.67. The van der Waals surface area contributed by atoms with E-state index in [2.05, 4.69) is 5.32 Å². The largest absolute Gasteiger partial charge is 0.496 e. The molecule has 0 aliphatic rings. The molecule has 120 valence electrons. The van der Waals surface area contributed by atoms with Gasteiger partial charge in [0.2, 0.25) is 0 Å². The third-order valence-corrected chi connectivity index (χ3v) is 2.95. The maximum Gasteiger partial charge on any atom is 0.391 e. The molecule has 1 N–H and O–H groups in total. The molecule has 0 saturated heterocycles. The van der Waals surface area contributed by atoms with Crippen molar-refractivity contribution in [1.29, 1.82) is 0 Å². The van der Waals surface area contributed by atoms with E-state index in [1.54, 1.807) is 6.07 Å². The van der Waals surface area contributed by atoms with Crippen LogP contribution in [0.1, 0.15) is 31.4 Å². The Bertz CT molecular complexity index is 410. The molecule has 0 aliphatic carbocycles. The molecule has 0 aliphatic heterocycles. The third-order valence-electron chi connectivity index (χ3n) is 2.95. The smallest absolute Gasteiger partial charge is 0.391 e. The summed E-state index contributed by atoms with van der Waals surface area (Å²) in [6, 6.07) is 7.21. The Kier molecular flexibility index (Phi) is 7.53. The number of benzene rings is 1. The zero-order chi connectivity index (χ0) is 15.7. The van der Waals surface area contributed by atoms with E-state index in [1.165, 1.54) is 7.11 Å². The molecular formula is C15H22F3NO2. The van der Waals surface area contributed by atoms with Gasteiger partial charge in [0.1, 0.15) is 5.75 Å². The average Bonchev–Trinajstić information content (AvgIpc) is 2.44. The van der Waals surface area contributed by atoms with Gasteiger partial charge in [-0.1, -0.05) is 25.1 Å². The predicted octanol–water partition coefficient (Wildman–Crippen LogP) is 3.70. The van der Waals surface area contributed by atoms with Crippen molar-refractivity contribution >= 4 is 0 Å². The Morgan fingerprint density at radius 1 is 1.24 bits per heavy atom. The zero-order valence-corrected chi connectivity index (χ0v) is 12.4. The highest BCUT2D eigenvalue weighted by Crippen LogP contribution is 2.28. The number of hydrogen-bond donors (Lipinski definition) is 1. The second kappa shape index (κ2) is 8.89. The quantitative estimate of drug-likeness (QED) is 0.706. The van der Waals surface area contributed by atoms with Crippen molar-refractivity contribution in [2.75, 3.05) is 26.8 Å². The van der Waals surface area contributed by atoms with E-state index >= 15 is 0 Å². The summed E-state index contributed by atoms with van der Waals surface area (Å²) in [4.78, 5) is 0. The van der Waals surface area contributed by atoms with Crippen molar-refractivity contribution in [3.05, 3.63) is 29.8 Å². The van der Waals surface area contributed by atoms with Crippen LogP contribution in [-0.4, -0.2) is 33.0 Å². The molecule has 21 heavy (non-hydrogen) atoms. The van der Waals surface area contributed by atoms with Crippen LogP contribution in [0.25, 0.3) is 0 Å². The summed E-state index contributed by atoms with van der Waals surface area (Å²) in [5, 5.41) is 3.17. The average molecular weight is 305 g/mol. The fourth-order valence-electron chi connectivity index (χ4n) is 1.92. The maximum atomic E-state index is 12.2. The van der Waals surface area contributed by atoms with Gasteiger partial charge in [0.05, 0.1) is 26.2 Å². The van der Waals surface area contributed by atoms with Crippen LogP contribution in [0, 0.1) is 0 Å². The van der Waals surface area contributed by atoms with Crippen molar-refractivity contribution < 1.29 is 22.6 Å². The number of halogens is 3. The summed E-state index contributed by atoms with van der Waals surface area (Å²) >= 11 is 0. The summed E-state index contributed by atoms with van der Waals surface area (Å²) in [6.45, 7) is 2.90. The first-order chi connectivity index (χ1) is 9.98. The number of para-hydroxylation sites is 1. The van der Waals surface area contributed by atoms with Gasteiger partial charge in [-0.05, 0) is 19.0 Å². The molecule has 1 aromatic carbocycles. The van der Waals surface area contributed by atoms with Gasteiger partial charge in [-0.2, -0.15) is 13.2 Å². The van der Waals surface area contributed by atoms with E-state index < -0.39 is 18.7 Å². The summed E-state index contributed by atoms with van der Waals surface area (Å²) in [6.07, 6.45) is -4.68. The van der Waals surface area contributed by atoms with Gasteiger partial charge in [-0.3, -0.25) is 0 Å². The lowest BCUT2D eigenvalue weighted by Crippen LogP contribution is -2.25. The van der Waals surface area contributed by atoms with Crippen LogP contribution in [0.3, 0.4) is 0 Å². The van der Waals surface area contributed by atoms with Crippen LogP contribution in [0.5, 0.6) is 5.75 Å². The number of methoxy groups -OCH3 is 1. The van der Waals surface area contributed by atoms with Crippen molar-refractivity contribution in [3.8, 4) is 5.75 Å². The van der Waals surface area contributed by atoms with Gasteiger partial charge < -0.3 is 14.8 Å². The second-order valence-electron chi connectivity index (χ2n) is 4.67. The minimum absolute atomic E-state index is 0.361. The maximum absolute atomic E-state index is 12.2. The van der Waals surface area contributed by atoms with Crippen molar-refractivity contribution in [2.45, 2.75) is 32.0 Å². The van der Waals surface area contributed by atoms with Crippen LogP contribution in [0.15, 0.2) is 24.3 Å². The van der Waals surface area contributed by atoms with Crippen LogP contribution >= 0.6 is 0 Å². The number of hydrogen-bond acceptors (Lipinski definition) is 3. The lowest BCUT2D eigenvalue weighted by Gasteiger charge is -2.21. The van der Waals surface area contributed by atoms with Gasteiger partial charge in [-0.25, -0.2) is 0 Å². The minimum atomic E-state index is -4.21. The summed E-state index contributed by atoms with van der Waals surface area (Å²) in [5.74, 6) is 0.618. The van der Waals surface area contributed by atoms with E-state index in [0.29, 0.717) is 12.3 Å². The van der Waals surface area contributed by atoms with E-state index in [-0.39, 0.29) is 6.61 Å². The molecule has 0 radical (unpaired) electrons. The van der Waals surface area contributed by atoms with E-state index in [4.69, 9.17) is 9.47 Å². The summed E-state index contributed by atoms with van der Waals surface area (Å²) in [5.41, 5.74) is 0.755. The molecule has 0 heterocycles. The first-order valence-electron chi connectivity index (χ1n) is 7.00. The number of nitrogens with one attached hydrogen (secondary N) is 1. The zero-order valence-electron chi connectivity index (χ0n) is 12.4. The molecule has 1 rings (SSSR count). The fourth-order valence-corrected chi connectivity index (χ4v) is 1.92. The highest BCUT2D eigenvalue weighted by molar-refractivity contribution is 5.35. The third kappa shape index (κ3) is 6.82. The van der Waals surface area contributed by atoms with Crippen molar-refractivity contribution in [3.63, 3.8) is 0 Å². The highest BCUT2D eigenvalue weighted by atomic mass is 19.4. The molecule has 0 spiro atoms. The van der Waals surface area contributed by atoms with E-state index in [0.717, 1.165) is 18.5 Å². The first-order valence-corrected chi connectivity index (χ1v) is 7.00. The highest BCUT2D eigenvalue weighted by Gasteiger charge is 2.27. The first kappa shape index (κ1) is 17.8. The van der Waals surface area contributed by atoms with Gasteiger partial charge in [-0.15, -0.1) is 0 Å². The van der Waals surface area contributed by atoms with Gasteiger partial charge in [0.15, 0.2) is 0 Å². The lowest BCUT2D eigenvalue weighted by atomic mass is 10.1.